The van der Waals surface area contributed by atoms with E-state index in [0.717, 1.165) is 12.8 Å². The molecule has 0 amide bonds. The van der Waals surface area contributed by atoms with Crippen molar-refractivity contribution in [2.75, 3.05) is 0 Å². The first-order valence-electron chi connectivity index (χ1n) is 4.96. The Morgan fingerprint density at radius 1 is 1.20 bits per heavy atom. The van der Waals surface area contributed by atoms with Crippen molar-refractivity contribution in [3.05, 3.63) is 23.3 Å². The van der Waals surface area contributed by atoms with E-state index in [1.165, 1.54) is 0 Å². The molecule has 0 spiro atoms. The minimum Gasteiger partial charge on any atom is -0.505 e. The summed E-state index contributed by atoms with van der Waals surface area (Å²) >= 11 is 0. The van der Waals surface area contributed by atoms with Crippen LogP contribution in [0.1, 0.15) is 31.7 Å². The first-order valence-corrected chi connectivity index (χ1v) is 4.96. The van der Waals surface area contributed by atoms with Gasteiger partial charge in [0.25, 0.3) is 0 Å². The molecule has 84 valence electrons. The number of halogens is 2. The Morgan fingerprint density at radius 3 is 2.47 bits per heavy atom. The Labute approximate surface area is 87.2 Å². The molecule has 1 rings (SSSR count). The fraction of sp³-hybridized carbons (Fsp3) is 0.455. The zero-order valence-corrected chi connectivity index (χ0v) is 8.56. The van der Waals surface area contributed by atoms with Crippen molar-refractivity contribution in [1.29, 1.82) is 0 Å². The number of hydrogen-bond acceptors (Lipinski definition) is 2. The van der Waals surface area contributed by atoms with Gasteiger partial charge in [0.15, 0.2) is 23.1 Å². The minimum atomic E-state index is -0.986. The van der Waals surface area contributed by atoms with Crippen molar-refractivity contribution < 1.29 is 19.0 Å². The van der Waals surface area contributed by atoms with E-state index in [4.69, 9.17) is 5.11 Å². The number of benzene rings is 1. The summed E-state index contributed by atoms with van der Waals surface area (Å²) in [6, 6.07) is 0.577. The van der Waals surface area contributed by atoms with Gasteiger partial charge >= 0.3 is 0 Å². The van der Waals surface area contributed by atoms with Crippen molar-refractivity contribution in [3.8, 4) is 11.5 Å². The Morgan fingerprint density at radius 2 is 1.87 bits per heavy atom. The van der Waals surface area contributed by atoms with E-state index in [0.29, 0.717) is 12.5 Å². The van der Waals surface area contributed by atoms with E-state index < -0.39 is 23.1 Å². The second kappa shape index (κ2) is 4.96. The molecule has 0 aliphatic heterocycles. The van der Waals surface area contributed by atoms with Crippen LogP contribution in [0.15, 0.2) is 6.07 Å². The zero-order chi connectivity index (χ0) is 11.4. The van der Waals surface area contributed by atoms with Crippen LogP contribution in [0.5, 0.6) is 11.5 Å². The SMILES string of the molecule is CCCCCc1c(O)c(F)cc(O)c1F. The van der Waals surface area contributed by atoms with Gasteiger partial charge in [-0.1, -0.05) is 19.8 Å². The molecule has 0 saturated heterocycles. The molecule has 0 atom stereocenters. The van der Waals surface area contributed by atoms with E-state index in [9.17, 15) is 13.9 Å². The molecule has 0 fully saturated rings. The van der Waals surface area contributed by atoms with E-state index in [2.05, 4.69) is 0 Å². The van der Waals surface area contributed by atoms with Crippen molar-refractivity contribution in [3.63, 3.8) is 0 Å². The maximum Gasteiger partial charge on any atom is 0.171 e. The van der Waals surface area contributed by atoms with Crippen LogP contribution in [0.3, 0.4) is 0 Å². The number of rotatable bonds is 4. The van der Waals surface area contributed by atoms with E-state index >= 15 is 0 Å². The first kappa shape index (κ1) is 11.8. The van der Waals surface area contributed by atoms with E-state index in [1.54, 1.807) is 0 Å². The average Bonchev–Trinajstić information content (AvgIpc) is 2.20. The molecule has 0 saturated carbocycles. The molecule has 0 radical (unpaired) electrons. The molecule has 0 bridgehead atoms. The molecule has 0 aromatic heterocycles. The predicted molar refractivity (Wildman–Crippen MR) is 52.9 cm³/mol. The van der Waals surface area contributed by atoms with Gasteiger partial charge in [-0.2, -0.15) is 0 Å². The largest absolute Gasteiger partial charge is 0.505 e. The monoisotopic (exact) mass is 216 g/mol. The highest BCUT2D eigenvalue weighted by Crippen LogP contribution is 2.31. The van der Waals surface area contributed by atoms with Crippen molar-refractivity contribution in [2.45, 2.75) is 32.6 Å². The minimum absolute atomic E-state index is 0.138. The summed E-state index contributed by atoms with van der Waals surface area (Å²) in [5.41, 5.74) is -0.138. The highest BCUT2D eigenvalue weighted by Gasteiger charge is 2.16. The normalized spacial score (nSPS) is 10.6. The molecule has 0 aliphatic rings. The lowest BCUT2D eigenvalue weighted by molar-refractivity contribution is 0.387. The molecule has 2 N–H and O–H groups in total. The van der Waals surface area contributed by atoms with Crippen LogP contribution in [0.2, 0.25) is 0 Å². The molecule has 4 heteroatoms. The summed E-state index contributed by atoms with van der Waals surface area (Å²) in [5.74, 6) is -3.36. The van der Waals surface area contributed by atoms with Gasteiger partial charge in [-0.15, -0.1) is 0 Å². The highest BCUT2D eigenvalue weighted by atomic mass is 19.1. The van der Waals surface area contributed by atoms with Crippen molar-refractivity contribution in [2.24, 2.45) is 0 Å². The molecule has 2 nitrogen and oxygen atoms in total. The van der Waals surface area contributed by atoms with Crippen LogP contribution < -0.4 is 0 Å². The smallest absolute Gasteiger partial charge is 0.171 e. The summed E-state index contributed by atoms with van der Waals surface area (Å²) < 4.78 is 26.2. The first-order chi connectivity index (χ1) is 7.07. The third-order valence-corrected chi connectivity index (χ3v) is 2.30. The third-order valence-electron chi connectivity index (χ3n) is 2.30. The van der Waals surface area contributed by atoms with Crippen LogP contribution >= 0.6 is 0 Å². The lowest BCUT2D eigenvalue weighted by atomic mass is 10.0. The molecule has 0 aliphatic carbocycles. The zero-order valence-electron chi connectivity index (χ0n) is 8.56. The quantitative estimate of drug-likeness (QED) is 0.599. The van der Waals surface area contributed by atoms with Gasteiger partial charge in [0.05, 0.1) is 0 Å². The van der Waals surface area contributed by atoms with Crippen LogP contribution in [-0.4, -0.2) is 10.2 Å². The van der Waals surface area contributed by atoms with Crippen LogP contribution in [0.25, 0.3) is 0 Å². The van der Waals surface area contributed by atoms with Gasteiger partial charge in [-0.25, -0.2) is 8.78 Å². The van der Waals surface area contributed by atoms with Crippen molar-refractivity contribution >= 4 is 0 Å². The van der Waals surface area contributed by atoms with Crippen LogP contribution in [0.4, 0.5) is 8.78 Å². The molecule has 15 heavy (non-hydrogen) atoms. The number of phenols is 2. The number of hydrogen-bond donors (Lipinski definition) is 2. The highest BCUT2D eigenvalue weighted by molar-refractivity contribution is 5.41. The van der Waals surface area contributed by atoms with Gasteiger partial charge in [-0.05, 0) is 12.8 Å². The Bertz CT molecular complexity index is 325. The summed E-state index contributed by atoms with van der Waals surface area (Å²) in [7, 11) is 0. The van der Waals surface area contributed by atoms with Crippen molar-refractivity contribution in [1.82, 2.24) is 0 Å². The molecule has 1 aromatic carbocycles. The predicted octanol–water partition coefficient (Wildman–Crippen LogP) is 3.11. The summed E-state index contributed by atoms with van der Waals surface area (Å²) in [6.07, 6.45) is 2.71. The number of aromatic hydroxyl groups is 2. The maximum atomic E-state index is 13.3. The van der Waals surface area contributed by atoms with Gasteiger partial charge in [-0.3, -0.25) is 0 Å². The second-order valence-electron chi connectivity index (χ2n) is 3.48. The third kappa shape index (κ3) is 2.58. The summed E-state index contributed by atoms with van der Waals surface area (Å²) in [6.45, 7) is 1.99. The lowest BCUT2D eigenvalue weighted by Gasteiger charge is -2.08. The standard InChI is InChI=1S/C11H14F2O2/c1-2-3-4-5-7-10(13)9(14)6-8(12)11(7)15/h6,14-15H,2-5H2,1H3. The fourth-order valence-corrected chi connectivity index (χ4v) is 1.43. The van der Waals surface area contributed by atoms with Gasteiger partial charge in [0, 0.05) is 11.6 Å². The lowest BCUT2D eigenvalue weighted by Crippen LogP contribution is -1.95. The van der Waals surface area contributed by atoms with E-state index in [-0.39, 0.29) is 12.0 Å². The summed E-state index contributed by atoms with van der Waals surface area (Å²) in [5, 5.41) is 18.3. The average molecular weight is 216 g/mol. The second-order valence-corrected chi connectivity index (χ2v) is 3.48. The Hall–Kier alpha value is -1.32. The fourth-order valence-electron chi connectivity index (χ4n) is 1.43. The number of phenolic OH excluding ortho intramolecular Hbond substituents is 2. The van der Waals surface area contributed by atoms with Gasteiger partial charge in [0.2, 0.25) is 0 Å². The maximum absolute atomic E-state index is 13.3. The topological polar surface area (TPSA) is 40.5 Å². The van der Waals surface area contributed by atoms with Crippen LogP contribution in [0, 0.1) is 11.6 Å². The Balaban J connectivity index is 2.94. The molecular formula is C11H14F2O2. The number of unbranched alkanes of at least 4 members (excludes halogenated alkanes) is 2. The molecular weight excluding hydrogens is 202 g/mol. The molecule has 1 aromatic rings. The van der Waals surface area contributed by atoms with Crippen LogP contribution in [-0.2, 0) is 6.42 Å². The molecule has 0 unspecified atom stereocenters. The van der Waals surface area contributed by atoms with Gasteiger partial charge < -0.3 is 10.2 Å². The Kier molecular flexibility index (Phi) is 3.88. The summed E-state index contributed by atoms with van der Waals surface area (Å²) in [4.78, 5) is 0. The molecule has 0 heterocycles. The van der Waals surface area contributed by atoms with Gasteiger partial charge in [0.1, 0.15) is 0 Å². The van der Waals surface area contributed by atoms with E-state index in [1.807, 2.05) is 6.92 Å².